The van der Waals surface area contributed by atoms with Crippen molar-refractivity contribution >= 4 is 28.3 Å². The zero-order chi connectivity index (χ0) is 18.8. The molecule has 1 aromatic heterocycles. The van der Waals surface area contributed by atoms with E-state index in [1.165, 1.54) is 10.7 Å². The van der Waals surface area contributed by atoms with Crippen molar-refractivity contribution in [3.8, 4) is 0 Å². The Morgan fingerprint density at radius 3 is 2.42 bits per heavy atom. The molecular weight excluding hydrogens is 332 g/mol. The molecule has 3 aromatic rings. The van der Waals surface area contributed by atoms with Gasteiger partial charge >= 0.3 is 0 Å². The van der Waals surface area contributed by atoms with Crippen molar-refractivity contribution in [1.29, 1.82) is 0 Å². The molecule has 26 heavy (non-hydrogen) atoms. The Labute approximate surface area is 149 Å². The number of carbonyl (C=O) groups is 2. The summed E-state index contributed by atoms with van der Waals surface area (Å²) in [7, 11) is 0. The Morgan fingerprint density at radius 1 is 1.08 bits per heavy atom. The van der Waals surface area contributed by atoms with Gasteiger partial charge in [0.2, 0.25) is 5.91 Å². The molecule has 0 spiro atoms. The second-order valence-corrected chi connectivity index (χ2v) is 6.14. The van der Waals surface area contributed by atoms with Gasteiger partial charge in [-0.05, 0) is 38.1 Å². The lowest BCUT2D eigenvalue weighted by Gasteiger charge is -2.13. The summed E-state index contributed by atoms with van der Waals surface area (Å²) in [6.45, 7) is 3.64. The Kier molecular flexibility index (Phi) is 4.53. The van der Waals surface area contributed by atoms with Crippen LogP contribution in [-0.4, -0.2) is 21.6 Å². The molecule has 0 radical (unpaired) electrons. The molecular formula is C19H18N4O3. The van der Waals surface area contributed by atoms with Crippen molar-refractivity contribution < 1.29 is 9.59 Å². The molecule has 2 amide bonds. The van der Waals surface area contributed by atoms with Crippen molar-refractivity contribution in [3.05, 3.63) is 70.1 Å². The van der Waals surface area contributed by atoms with Crippen molar-refractivity contribution in [1.82, 2.24) is 9.78 Å². The number of hydrogen-bond acceptors (Lipinski definition) is 4. The third-order valence-electron chi connectivity index (χ3n) is 3.94. The molecule has 0 atom stereocenters. The molecule has 0 aliphatic carbocycles. The fraction of sp³-hybridized carbons (Fsp3) is 0.158. The van der Waals surface area contributed by atoms with Crippen molar-refractivity contribution in [3.63, 3.8) is 0 Å². The summed E-state index contributed by atoms with van der Waals surface area (Å²) in [6, 6.07) is 13.0. The number of anilines is 1. The van der Waals surface area contributed by atoms with Crippen LogP contribution in [-0.2, 0) is 0 Å². The number of primary amides is 1. The number of benzene rings is 2. The fourth-order valence-electron chi connectivity index (χ4n) is 2.66. The van der Waals surface area contributed by atoms with Crippen LogP contribution in [0.3, 0.4) is 0 Å². The highest BCUT2D eigenvalue weighted by atomic mass is 16.2. The highest BCUT2D eigenvalue weighted by Gasteiger charge is 2.18. The Bertz CT molecular complexity index is 1070. The van der Waals surface area contributed by atoms with Gasteiger partial charge in [-0.2, -0.15) is 5.10 Å². The standard InChI is InChI=1S/C19H18N4O3/c1-11(2)23-19(26)15-9-4-3-8-14(15)16(22-23)18(25)21-13-7-5-6-12(10-13)17(20)24/h3-11H,1-2H3,(H2,20,24)(H,21,25). The van der Waals surface area contributed by atoms with Crippen LogP contribution < -0.4 is 16.6 Å². The summed E-state index contributed by atoms with van der Waals surface area (Å²) >= 11 is 0. The Morgan fingerprint density at radius 2 is 1.77 bits per heavy atom. The summed E-state index contributed by atoms with van der Waals surface area (Å²) in [4.78, 5) is 36.6. The number of carbonyl (C=O) groups excluding carboxylic acids is 2. The fourth-order valence-corrected chi connectivity index (χ4v) is 2.66. The molecule has 0 saturated heterocycles. The first kappa shape index (κ1) is 17.3. The van der Waals surface area contributed by atoms with Gasteiger partial charge in [-0.1, -0.05) is 24.3 Å². The predicted octanol–water partition coefficient (Wildman–Crippen LogP) is 2.33. The second-order valence-electron chi connectivity index (χ2n) is 6.14. The lowest BCUT2D eigenvalue weighted by Crippen LogP contribution is -2.29. The molecule has 132 valence electrons. The Hall–Kier alpha value is -3.48. The van der Waals surface area contributed by atoms with E-state index in [2.05, 4.69) is 10.4 Å². The minimum absolute atomic E-state index is 0.137. The maximum absolute atomic E-state index is 12.8. The van der Waals surface area contributed by atoms with E-state index in [1.54, 1.807) is 42.5 Å². The third-order valence-corrected chi connectivity index (χ3v) is 3.94. The zero-order valence-corrected chi connectivity index (χ0v) is 14.4. The maximum Gasteiger partial charge on any atom is 0.276 e. The topological polar surface area (TPSA) is 107 Å². The molecule has 3 N–H and O–H groups in total. The minimum Gasteiger partial charge on any atom is -0.366 e. The van der Waals surface area contributed by atoms with Crippen LogP contribution in [0.1, 0.15) is 40.7 Å². The molecule has 7 nitrogen and oxygen atoms in total. The maximum atomic E-state index is 12.8. The quantitative estimate of drug-likeness (QED) is 0.753. The first-order valence-electron chi connectivity index (χ1n) is 8.11. The lowest BCUT2D eigenvalue weighted by atomic mass is 10.1. The van der Waals surface area contributed by atoms with Gasteiger partial charge in [0, 0.05) is 16.6 Å². The van der Waals surface area contributed by atoms with E-state index < -0.39 is 11.8 Å². The number of nitrogens with zero attached hydrogens (tertiary/aromatic N) is 2. The molecule has 0 aliphatic heterocycles. The molecule has 7 heteroatoms. The first-order valence-corrected chi connectivity index (χ1v) is 8.11. The number of fused-ring (bicyclic) bond motifs is 1. The minimum atomic E-state index is -0.585. The van der Waals surface area contributed by atoms with Crippen molar-refractivity contribution in [2.75, 3.05) is 5.32 Å². The lowest BCUT2D eigenvalue weighted by molar-refractivity contribution is 0.0995. The van der Waals surface area contributed by atoms with E-state index in [1.807, 2.05) is 13.8 Å². The van der Waals surface area contributed by atoms with E-state index in [9.17, 15) is 14.4 Å². The SMILES string of the molecule is CC(C)n1nc(C(=O)Nc2cccc(C(N)=O)c2)c2ccccc2c1=O. The van der Waals surface area contributed by atoms with Gasteiger partial charge in [-0.3, -0.25) is 14.4 Å². The molecule has 0 unspecified atom stereocenters. The van der Waals surface area contributed by atoms with Crippen LogP contribution >= 0.6 is 0 Å². The van der Waals surface area contributed by atoms with Crippen LogP contribution in [0.15, 0.2) is 53.3 Å². The van der Waals surface area contributed by atoms with Gasteiger partial charge < -0.3 is 11.1 Å². The van der Waals surface area contributed by atoms with Crippen molar-refractivity contribution in [2.24, 2.45) is 5.73 Å². The average molecular weight is 350 g/mol. The molecule has 1 heterocycles. The highest BCUT2D eigenvalue weighted by Crippen LogP contribution is 2.17. The second kappa shape index (κ2) is 6.79. The van der Waals surface area contributed by atoms with Crippen molar-refractivity contribution in [2.45, 2.75) is 19.9 Å². The van der Waals surface area contributed by atoms with E-state index in [0.717, 1.165) is 0 Å². The van der Waals surface area contributed by atoms with Crippen LogP contribution in [0.4, 0.5) is 5.69 Å². The largest absolute Gasteiger partial charge is 0.366 e. The summed E-state index contributed by atoms with van der Waals surface area (Å²) in [5, 5.41) is 7.85. The number of aromatic nitrogens is 2. The summed E-state index contributed by atoms with van der Waals surface area (Å²) in [5.41, 5.74) is 5.86. The van der Waals surface area contributed by atoms with Crippen LogP contribution in [0.5, 0.6) is 0 Å². The molecule has 0 fully saturated rings. The van der Waals surface area contributed by atoms with E-state index in [-0.39, 0.29) is 22.9 Å². The van der Waals surface area contributed by atoms with Gasteiger partial charge in [-0.25, -0.2) is 4.68 Å². The molecule has 0 aliphatic rings. The number of rotatable bonds is 4. The zero-order valence-electron chi connectivity index (χ0n) is 14.4. The normalized spacial score (nSPS) is 10.9. The number of nitrogens with one attached hydrogen (secondary N) is 1. The van der Waals surface area contributed by atoms with Gasteiger partial charge in [-0.15, -0.1) is 0 Å². The van der Waals surface area contributed by atoms with Crippen LogP contribution in [0.2, 0.25) is 0 Å². The highest BCUT2D eigenvalue weighted by molar-refractivity contribution is 6.11. The van der Waals surface area contributed by atoms with E-state index >= 15 is 0 Å². The average Bonchev–Trinajstić information content (AvgIpc) is 2.62. The predicted molar refractivity (Wildman–Crippen MR) is 99.3 cm³/mol. The smallest absolute Gasteiger partial charge is 0.276 e. The van der Waals surface area contributed by atoms with Gasteiger partial charge in [0.05, 0.1) is 11.4 Å². The summed E-state index contributed by atoms with van der Waals surface area (Å²) in [5.74, 6) is -1.06. The monoisotopic (exact) mass is 350 g/mol. The van der Waals surface area contributed by atoms with Gasteiger partial charge in [0.25, 0.3) is 11.5 Å². The van der Waals surface area contributed by atoms with Gasteiger partial charge in [0.15, 0.2) is 5.69 Å². The molecule has 0 saturated carbocycles. The Balaban J connectivity index is 2.08. The molecule has 2 aromatic carbocycles. The number of nitrogens with two attached hydrogens (primary N) is 1. The van der Waals surface area contributed by atoms with Crippen LogP contribution in [0, 0.1) is 0 Å². The molecule has 0 bridgehead atoms. The van der Waals surface area contributed by atoms with Crippen LogP contribution in [0.25, 0.3) is 10.8 Å². The number of hydrogen-bond donors (Lipinski definition) is 2. The first-order chi connectivity index (χ1) is 12.4. The summed E-state index contributed by atoms with van der Waals surface area (Å²) < 4.78 is 1.29. The number of amides is 2. The summed E-state index contributed by atoms with van der Waals surface area (Å²) in [6.07, 6.45) is 0. The van der Waals surface area contributed by atoms with E-state index in [0.29, 0.717) is 16.5 Å². The molecule has 3 rings (SSSR count). The third kappa shape index (κ3) is 3.19. The van der Waals surface area contributed by atoms with Gasteiger partial charge in [0.1, 0.15) is 0 Å². The van der Waals surface area contributed by atoms with E-state index in [4.69, 9.17) is 5.73 Å².